The highest BCUT2D eigenvalue weighted by Crippen LogP contribution is 2.58. The lowest BCUT2D eigenvalue weighted by atomic mass is 9.51. The van der Waals surface area contributed by atoms with Gasteiger partial charge in [-0.05, 0) is 131 Å². The molecule has 0 heterocycles. The van der Waals surface area contributed by atoms with Crippen LogP contribution in [0.15, 0.2) is 0 Å². The summed E-state index contributed by atoms with van der Waals surface area (Å²) in [6, 6.07) is 0. The monoisotopic (exact) mass is 313 g/mol. The summed E-state index contributed by atoms with van der Waals surface area (Å²) in [4.78, 5) is 0. The van der Waals surface area contributed by atoms with E-state index in [9.17, 15) is 0 Å². The zero-order chi connectivity index (χ0) is 15.0. The van der Waals surface area contributed by atoms with Gasteiger partial charge in [0, 0.05) is 5.54 Å². The van der Waals surface area contributed by atoms with Gasteiger partial charge in [-0.1, -0.05) is 0 Å². The standard InChI is InChI=1S/C22H35N/c1(21-19-7-14-3-15(9-19)10-20(21)8-14)2-23-22-11-16-4-17(12-22)6-18(5-16)13-22/h14-21,23H,1-13H2. The number of nitrogens with one attached hydrogen (secondary N) is 1. The molecule has 8 aliphatic rings. The Bertz CT molecular complexity index is 417. The van der Waals surface area contributed by atoms with Crippen molar-refractivity contribution in [1.29, 1.82) is 0 Å². The fourth-order valence-corrected chi connectivity index (χ4v) is 9.34. The van der Waals surface area contributed by atoms with Crippen molar-refractivity contribution in [2.24, 2.45) is 47.3 Å². The lowest BCUT2D eigenvalue weighted by molar-refractivity contribution is -0.0456. The lowest BCUT2D eigenvalue weighted by Gasteiger charge is -2.58. The van der Waals surface area contributed by atoms with E-state index in [0.717, 1.165) is 47.3 Å². The van der Waals surface area contributed by atoms with Crippen LogP contribution < -0.4 is 5.32 Å². The van der Waals surface area contributed by atoms with Gasteiger partial charge in [-0.15, -0.1) is 0 Å². The molecular weight excluding hydrogens is 278 g/mol. The third-order valence-electron chi connectivity index (χ3n) is 9.44. The minimum Gasteiger partial charge on any atom is -0.311 e. The Kier molecular flexibility index (Phi) is 3.07. The van der Waals surface area contributed by atoms with Crippen LogP contribution in [0.25, 0.3) is 0 Å². The van der Waals surface area contributed by atoms with Crippen molar-refractivity contribution in [3.8, 4) is 0 Å². The molecule has 8 aliphatic carbocycles. The Labute approximate surface area is 142 Å². The maximum Gasteiger partial charge on any atom is 0.0189 e. The van der Waals surface area contributed by atoms with Gasteiger partial charge in [0.15, 0.2) is 0 Å². The summed E-state index contributed by atoms with van der Waals surface area (Å²) in [5.74, 6) is 8.92. The second kappa shape index (κ2) is 4.99. The SMILES string of the molecule is C(CC1C2CC3CC(C2)CC1C3)NC12CC3CC(CC(C3)C1)C2. The second-order valence-corrected chi connectivity index (χ2v) is 11.0. The molecule has 0 atom stereocenters. The number of hydrogen-bond acceptors (Lipinski definition) is 1. The molecule has 8 bridgehead atoms. The second-order valence-electron chi connectivity index (χ2n) is 11.0. The molecule has 0 aromatic carbocycles. The van der Waals surface area contributed by atoms with E-state index in [1.165, 1.54) is 32.2 Å². The largest absolute Gasteiger partial charge is 0.311 e. The molecule has 1 heteroatoms. The molecule has 128 valence electrons. The first-order valence-electron chi connectivity index (χ1n) is 11.0. The van der Waals surface area contributed by atoms with Crippen molar-refractivity contribution in [2.75, 3.05) is 6.54 Å². The summed E-state index contributed by atoms with van der Waals surface area (Å²) >= 11 is 0. The van der Waals surface area contributed by atoms with Gasteiger partial charge in [-0.3, -0.25) is 0 Å². The molecule has 0 saturated heterocycles. The van der Waals surface area contributed by atoms with Crippen LogP contribution in [0.5, 0.6) is 0 Å². The highest BCUT2D eigenvalue weighted by Gasteiger charge is 2.51. The van der Waals surface area contributed by atoms with E-state index >= 15 is 0 Å². The molecule has 23 heavy (non-hydrogen) atoms. The van der Waals surface area contributed by atoms with Crippen LogP contribution in [0.2, 0.25) is 0 Å². The summed E-state index contributed by atoms with van der Waals surface area (Å²) in [5.41, 5.74) is 0.598. The van der Waals surface area contributed by atoms with Gasteiger partial charge in [0.2, 0.25) is 0 Å². The van der Waals surface area contributed by atoms with Crippen molar-refractivity contribution in [3.05, 3.63) is 0 Å². The molecular formula is C22H35N. The summed E-state index contributed by atoms with van der Waals surface area (Å²) in [5, 5.41) is 4.19. The smallest absolute Gasteiger partial charge is 0.0189 e. The third-order valence-corrected chi connectivity index (χ3v) is 9.44. The molecule has 1 N–H and O–H groups in total. The van der Waals surface area contributed by atoms with Gasteiger partial charge in [0.1, 0.15) is 0 Å². The van der Waals surface area contributed by atoms with E-state index in [1.807, 2.05) is 0 Å². The summed E-state index contributed by atoms with van der Waals surface area (Å²) in [7, 11) is 0. The van der Waals surface area contributed by atoms with Crippen LogP contribution in [0.1, 0.15) is 77.0 Å². The maximum atomic E-state index is 4.19. The van der Waals surface area contributed by atoms with Crippen LogP contribution in [-0.2, 0) is 0 Å². The van der Waals surface area contributed by atoms with Gasteiger partial charge in [0.25, 0.3) is 0 Å². The van der Waals surface area contributed by atoms with Gasteiger partial charge >= 0.3 is 0 Å². The van der Waals surface area contributed by atoms with Crippen LogP contribution in [0.3, 0.4) is 0 Å². The molecule has 8 rings (SSSR count). The van der Waals surface area contributed by atoms with Crippen LogP contribution in [-0.4, -0.2) is 12.1 Å². The molecule has 0 aliphatic heterocycles. The Balaban J connectivity index is 1.09. The normalized spacial score (nSPS) is 59.0. The predicted octanol–water partition coefficient (Wildman–Crippen LogP) is 5.01. The van der Waals surface area contributed by atoms with Crippen molar-refractivity contribution in [1.82, 2.24) is 5.32 Å². The van der Waals surface area contributed by atoms with E-state index in [1.54, 1.807) is 51.4 Å². The molecule has 0 aromatic rings. The Morgan fingerprint density at radius 3 is 1.61 bits per heavy atom. The maximum absolute atomic E-state index is 4.19. The van der Waals surface area contributed by atoms with Crippen molar-refractivity contribution in [2.45, 2.75) is 82.6 Å². The minimum absolute atomic E-state index is 0.598. The fraction of sp³-hybridized carbons (Fsp3) is 1.00. The molecule has 1 nitrogen and oxygen atoms in total. The zero-order valence-corrected chi connectivity index (χ0v) is 14.8. The van der Waals surface area contributed by atoms with Gasteiger partial charge in [0.05, 0.1) is 0 Å². The predicted molar refractivity (Wildman–Crippen MR) is 94.1 cm³/mol. The highest BCUT2D eigenvalue weighted by atomic mass is 15.0. The average molecular weight is 314 g/mol. The highest BCUT2D eigenvalue weighted by molar-refractivity contribution is 5.06. The quantitative estimate of drug-likeness (QED) is 0.769. The molecule has 0 unspecified atom stereocenters. The Morgan fingerprint density at radius 2 is 1.09 bits per heavy atom. The van der Waals surface area contributed by atoms with Gasteiger partial charge < -0.3 is 5.32 Å². The third kappa shape index (κ3) is 2.28. The Hall–Kier alpha value is -0.0400. The van der Waals surface area contributed by atoms with Crippen LogP contribution >= 0.6 is 0 Å². The molecule has 0 spiro atoms. The van der Waals surface area contributed by atoms with Crippen LogP contribution in [0.4, 0.5) is 0 Å². The minimum atomic E-state index is 0.598. The van der Waals surface area contributed by atoms with E-state index in [-0.39, 0.29) is 0 Å². The zero-order valence-electron chi connectivity index (χ0n) is 14.8. The van der Waals surface area contributed by atoms with E-state index < -0.39 is 0 Å². The fourth-order valence-electron chi connectivity index (χ4n) is 9.34. The summed E-state index contributed by atoms with van der Waals surface area (Å²) in [6.07, 6.45) is 18.9. The summed E-state index contributed by atoms with van der Waals surface area (Å²) in [6.45, 7) is 1.35. The Morgan fingerprint density at radius 1 is 0.609 bits per heavy atom. The number of rotatable bonds is 4. The number of hydrogen-bond donors (Lipinski definition) is 1. The van der Waals surface area contributed by atoms with Crippen molar-refractivity contribution < 1.29 is 0 Å². The molecule has 0 radical (unpaired) electrons. The first-order valence-corrected chi connectivity index (χ1v) is 11.0. The molecule has 0 amide bonds. The van der Waals surface area contributed by atoms with E-state index in [2.05, 4.69) is 5.32 Å². The first kappa shape index (κ1) is 14.2. The topological polar surface area (TPSA) is 12.0 Å². The lowest BCUT2D eigenvalue weighted by Crippen LogP contribution is -2.58. The summed E-state index contributed by atoms with van der Waals surface area (Å²) < 4.78 is 0. The first-order chi connectivity index (χ1) is 11.2. The van der Waals surface area contributed by atoms with Crippen LogP contribution in [0, 0.1) is 47.3 Å². The average Bonchev–Trinajstić information content (AvgIpc) is 2.48. The van der Waals surface area contributed by atoms with Gasteiger partial charge in [-0.2, -0.15) is 0 Å². The van der Waals surface area contributed by atoms with E-state index in [4.69, 9.17) is 0 Å². The van der Waals surface area contributed by atoms with E-state index in [0.29, 0.717) is 5.54 Å². The van der Waals surface area contributed by atoms with Gasteiger partial charge in [-0.25, -0.2) is 0 Å². The molecule has 8 saturated carbocycles. The van der Waals surface area contributed by atoms with Crippen molar-refractivity contribution >= 4 is 0 Å². The molecule has 0 aromatic heterocycles. The molecule has 8 fully saturated rings. The van der Waals surface area contributed by atoms with Crippen molar-refractivity contribution in [3.63, 3.8) is 0 Å².